The molecule has 1 unspecified atom stereocenters. The average molecular weight is 444 g/mol. The topological polar surface area (TPSA) is 78.4 Å². The number of benzene rings is 2. The minimum atomic E-state index is -0.350. The third-order valence-corrected chi connectivity index (χ3v) is 5.78. The second kappa shape index (κ2) is 9.81. The SMILES string of the molecule is CCN(c1ccc(NC(=O)C2CC(=O)N(Cc3ccccc3)C2)cc1)c1nc(C)cc(C)n1. The molecular formula is C26H29N5O2. The van der Waals surface area contributed by atoms with Crippen molar-refractivity contribution in [2.24, 2.45) is 5.92 Å². The van der Waals surface area contributed by atoms with Gasteiger partial charge in [0.05, 0.1) is 5.92 Å². The van der Waals surface area contributed by atoms with E-state index in [1.54, 1.807) is 4.90 Å². The maximum Gasteiger partial charge on any atom is 0.230 e. The molecule has 1 aliphatic rings. The van der Waals surface area contributed by atoms with Crippen molar-refractivity contribution < 1.29 is 9.59 Å². The lowest BCUT2D eigenvalue weighted by Crippen LogP contribution is -2.28. The standard InChI is InChI=1S/C26H29N5O2/c1-4-31(26-27-18(2)14-19(3)28-26)23-12-10-22(11-13-23)29-25(33)21-15-24(32)30(17-21)16-20-8-6-5-7-9-20/h5-14,21H,4,15-17H2,1-3H3,(H,29,33). The number of likely N-dealkylation sites (tertiary alicyclic amines) is 1. The lowest BCUT2D eigenvalue weighted by atomic mass is 10.1. The van der Waals surface area contributed by atoms with Crippen molar-refractivity contribution in [3.63, 3.8) is 0 Å². The first kappa shape index (κ1) is 22.5. The van der Waals surface area contributed by atoms with Gasteiger partial charge in [-0.25, -0.2) is 9.97 Å². The number of carbonyl (C=O) groups is 2. The Kier molecular flexibility index (Phi) is 6.68. The van der Waals surface area contributed by atoms with Crippen LogP contribution in [-0.4, -0.2) is 39.8 Å². The van der Waals surface area contributed by atoms with Gasteiger partial charge in [0.15, 0.2) is 0 Å². The molecule has 2 amide bonds. The third-order valence-electron chi connectivity index (χ3n) is 5.78. The number of rotatable bonds is 7. The van der Waals surface area contributed by atoms with Crippen molar-refractivity contribution >= 4 is 29.1 Å². The Labute approximate surface area is 194 Å². The quantitative estimate of drug-likeness (QED) is 0.591. The van der Waals surface area contributed by atoms with Crippen LogP contribution in [0.5, 0.6) is 0 Å². The maximum absolute atomic E-state index is 12.8. The molecule has 0 radical (unpaired) electrons. The van der Waals surface area contributed by atoms with E-state index >= 15 is 0 Å². The highest BCUT2D eigenvalue weighted by Crippen LogP contribution is 2.26. The molecule has 7 nitrogen and oxygen atoms in total. The second-order valence-corrected chi connectivity index (χ2v) is 8.39. The van der Waals surface area contributed by atoms with Gasteiger partial charge in [0.2, 0.25) is 17.8 Å². The normalized spacial score (nSPS) is 15.5. The van der Waals surface area contributed by atoms with Crippen LogP contribution in [0.25, 0.3) is 0 Å². The Morgan fingerprint density at radius 2 is 1.73 bits per heavy atom. The number of aromatic nitrogens is 2. The summed E-state index contributed by atoms with van der Waals surface area (Å²) in [6.07, 6.45) is 0.240. The molecule has 2 aromatic carbocycles. The van der Waals surface area contributed by atoms with Crippen LogP contribution >= 0.6 is 0 Å². The summed E-state index contributed by atoms with van der Waals surface area (Å²) in [6.45, 7) is 7.65. The van der Waals surface area contributed by atoms with Gasteiger partial charge in [-0.1, -0.05) is 30.3 Å². The molecule has 7 heteroatoms. The van der Waals surface area contributed by atoms with Crippen molar-refractivity contribution in [1.29, 1.82) is 0 Å². The van der Waals surface area contributed by atoms with Gasteiger partial charge < -0.3 is 15.1 Å². The van der Waals surface area contributed by atoms with Crippen molar-refractivity contribution in [2.75, 3.05) is 23.3 Å². The van der Waals surface area contributed by atoms with Gasteiger partial charge in [-0.2, -0.15) is 0 Å². The van der Waals surface area contributed by atoms with E-state index < -0.39 is 0 Å². The minimum Gasteiger partial charge on any atom is -0.338 e. The number of hydrogen-bond donors (Lipinski definition) is 1. The molecule has 0 bridgehead atoms. The molecule has 0 spiro atoms. The molecular weight excluding hydrogens is 414 g/mol. The highest BCUT2D eigenvalue weighted by Gasteiger charge is 2.34. The Bertz CT molecular complexity index is 1110. The molecule has 1 atom stereocenters. The summed E-state index contributed by atoms with van der Waals surface area (Å²) in [4.78, 5) is 38.1. The van der Waals surface area contributed by atoms with Crippen LogP contribution in [0.15, 0.2) is 60.7 Å². The zero-order valence-electron chi connectivity index (χ0n) is 19.3. The number of hydrogen-bond acceptors (Lipinski definition) is 5. The predicted molar refractivity (Wildman–Crippen MR) is 129 cm³/mol. The Morgan fingerprint density at radius 3 is 2.36 bits per heavy atom. The molecule has 0 saturated carbocycles. The second-order valence-electron chi connectivity index (χ2n) is 8.39. The van der Waals surface area contributed by atoms with Gasteiger partial charge in [0, 0.05) is 48.8 Å². The van der Waals surface area contributed by atoms with E-state index in [-0.39, 0.29) is 24.2 Å². The summed E-state index contributed by atoms with van der Waals surface area (Å²) in [5.74, 6) is 0.199. The molecule has 1 aromatic heterocycles. The van der Waals surface area contributed by atoms with Crippen LogP contribution in [0.3, 0.4) is 0 Å². The van der Waals surface area contributed by atoms with E-state index in [2.05, 4.69) is 22.2 Å². The number of carbonyl (C=O) groups excluding carboxylic acids is 2. The van der Waals surface area contributed by atoms with E-state index in [0.717, 1.165) is 29.2 Å². The summed E-state index contributed by atoms with van der Waals surface area (Å²) in [5.41, 5.74) is 4.57. The zero-order valence-corrected chi connectivity index (χ0v) is 19.3. The number of amides is 2. The van der Waals surface area contributed by atoms with Gasteiger partial charge in [0.1, 0.15) is 0 Å². The van der Waals surface area contributed by atoms with Gasteiger partial charge >= 0.3 is 0 Å². The van der Waals surface area contributed by atoms with Crippen LogP contribution in [0.4, 0.5) is 17.3 Å². The van der Waals surface area contributed by atoms with Gasteiger partial charge in [-0.15, -0.1) is 0 Å². The smallest absolute Gasteiger partial charge is 0.230 e. The first-order valence-corrected chi connectivity index (χ1v) is 11.3. The molecule has 1 aliphatic heterocycles. The van der Waals surface area contributed by atoms with Crippen LogP contribution in [-0.2, 0) is 16.1 Å². The van der Waals surface area contributed by atoms with Crippen molar-refractivity contribution in [1.82, 2.24) is 14.9 Å². The first-order valence-electron chi connectivity index (χ1n) is 11.3. The highest BCUT2D eigenvalue weighted by atomic mass is 16.2. The van der Waals surface area contributed by atoms with Gasteiger partial charge in [0.25, 0.3) is 0 Å². The third kappa shape index (κ3) is 5.37. The predicted octanol–water partition coefficient (Wildman–Crippen LogP) is 4.24. The zero-order chi connectivity index (χ0) is 23.4. The van der Waals surface area contributed by atoms with Crippen LogP contribution in [0.2, 0.25) is 0 Å². The Balaban J connectivity index is 1.39. The average Bonchev–Trinajstić information content (AvgIpc) is 3.16. The largest absolute Gasteiger partial charge is 0.338 e. The van der Waals surface area contributed by atoms with Crippen molar-refractivity contribution in [3.8, 4) is 0 Å². The summed E-state index contributed by atoms with van der Waals surface area (Å²) < 4.78 is 0. The first-order chi connectivity index (χ1) is 15.9. The van der Waals surface area contributed by atoms with E-state index in [0.29, 0.717) is 24.7 Å². The fraction of sp³-hybridized carbons (Fsp3) is 0.308. The number of aryl methyl sites for hydroxylation is 2. The summed E-state index contributed by atoms with van der Waals surface area (Å²) in [6, 6.07) is 19.4. The van der Waals surface area contributed by atoms with Crippen LogP contribution < -0.4 is 10.2 Å². The van der Waals surface area contributed by atoms with E-state index in [4.69, 9.17) is 0 Å². The fourth-order valence-corrected chi connectivity index (χ4v) is 4.14. The molecule has 1 saturated heterocycles. The molecule has 170 valence electrons. The lowest BCUT2D eigenvalue weighted by molar-refractivity contribution is -0.128. The van der Waals surface area contributed by atoms with E-state index in [9.17, 15) is 9.59 Å². The van der Waals surface area contributed by atoms with Crippen LogP contribution in [0.1, 0.15) is 30.3 Å². The molecule has 3 aromatic rings. The lowest BCUT2D eigenvalue weighted by Gasteiger charge is -2.22. The van der Waals surface area contributed by atoms with Crippen LogP contribution in [0, 0.1) is 19.8 Å². The molecule has 2 heterocycles. The number of nitrogens with one attached hydrogen (secondary N) is 1. The maximum atomic E-state index is 12.8. The molecule has 4 rings (SSSR count). The fourth-order valence-electron chi connectivity index (χ4n) is 4.14. The van der Waals surface area contributed by atoms with Gasteiger partial charge in [-0.05, 0) is 56.7 Å². The summed E-state index contributed by atoms with van der Waals surface area (Å²) in [7, 11) is 0. The van der Waals surface area contributed by atoms with E-state index in [1.165, 1.54) is 0 Å². The molecule has 1 fully saturated rings. The van der Waals surface area contributed by atoms with E-state index in [1.807, 2.05) is 79.4 Å². The monoisotopic (exact) mass is 443 g/mol. The van der Waals surface area contributed by atoms with Gasteiger partial charge in [-0.3, -0.25) is 9.59 Å². The Hall–Kier alpha value is -3.74. The summed E-state index contributed by atoms with van der Waals surface area (Å²) >= 11 is 0. The molecule has 0 aliphatic carbocycles. The Morgan fingerprint density at radius 1 is 1.06 bits per heavy atom. The van der Waals surface area contributed by atoms with Crippen molar-refractivity contribution in [3.05, 3.63) is 77.6 Å². The highest BCUT2D eigenvalue weighted by molar-refractivity contribution is 5.97. The van der Waals surface area contributed by atoms with Crippen molar-refractivity contribution in [2.45, 2.75) is 33.7 Å². The summed E-state index contributed by atoms with van der Waals surface area (Å²) in [5, 5.41) is 2.96. The molecule has 33 heavy (non-hydrogen) atoms. The number of nitrogens with zero attached hydrogens (tertiary/aromatic N) is 4. The molecule has 1 N–H and O–H groups in total. The minimum absolute atomic E-state index is 0.0152. The number of anilines is 3.